The van der Waals surface area contributed by atoms with Crippen molar-refractivity contribution in [3.63, 3.8) is 0 Å². The Morgan fingerprint density at radius 1 is 0.943 bits per heavy atom. The van der Waals surface area contributed by atoms with Crippen LogP contribution in [0.25, 0.3) is 11.1 Å². The number of halogens is 2. The van der Waals surface area contributed by atoms with Crippen LogP contribution in [0.5, 0.6) is 17.2 Å². The van der Waals surface area contributed by atoms with Crippen molar-refractivity contribution in [3.8, 4) is 28.4 Å². The predicted molar refractivity (Wildman–Crippen MR) is 209 cm³/mol. The second kappa shape index (κ2) is 18.1. The number of ether oxygens (including phenoxy) is 4. The van der Waals surface area contributed by atoms with E-state index in [0.29, 0.717) is 43.4 Å². The normalized spacial score (nSPS) is 18.3. The minimum absolute atomic E-state index is 0. The summed E-state index contributed by atoms with van der Waals surface area (Å²) in [5, 5.41) is 6.29. The van der Waals surface area contributed by atoms with Crippen molar-refractivity contribution in [2.24, 2.45) is 5.92 Å². The molecule has 1 aromatic heterocycles. The third kappa shape index (κ3) is 9.44. The van der Waals surface area contributed by atoms with Crippen molar-refractivity contribution in [3.05, 3.63) is 106 Å². The molecule has 4 aromatic rings. The van der Waals surface area contributed by atoms with Crippen LogP contribution in [0.3, 0.4) is 0 Å². The number of benzene rings is 3. The molecular formula is C42H49Cl2N3O6. The number of carbonyl (C=O) groups excluding carboxylic acids is 2. The summed E-state index contributed by atoms with van der Waals surface area (Å²) >= 11 is 0. The Bertz CT molecular complexity index is 1860. The van der Waals surface area contributed by atoms with Gasteiger partial charge in [-0.3, -0.25) is 9.78 Å². The SMILES string of the molecule is COC(=O)[C@H](Cc1ccc(-c2ccnc(C)c2C)cc1)NC(=O)[C@@H]1Cc2cc3c(cc2CN1)O[C@@H](c1ccc(OCC2CCCCC2)cc1)CO3.Cl.Cl. The number of hydrogen-bond acceptors (Lipinski definition) is 8. The maximum absolute atomic E-state index is 13.5. The van der Waals surface area contributed by atoms with Crippen LogP contribution >= 0.6 is 24.8 Å². The molecule has 0 saturated heterocycles. The van der Waals surface area contributed by atoms with E-state index >= 15 is 0 Å². The highest BCUT2D eigenvalue weighted by atomic mass is 35.5. The van der Waals surface area contributed by atoms with E-state index in [0.717, 1.165) is 57.0 Å². The average Bonchev–Trinajstić information content (AvgIpc) is 3.17. The first-order valence-corrected chi connectivity index (χ1v) is 18.2. The molecule has 1 saturated carbocycles. The van der Waals surface area contributed by atoms with Crippen molar-refractivity contribution in [2.75, 3.05) is 20.3 Å². The summed E-state index contributed by atoms with van der Waals surface area (Å²) in [4.78, 5) is 30.7. The molecule has 3 aromatic carbocycles. The fraction of sp³-hybridized carbons (Fsp3) is 0.405. The molecule has 1 amide bonds. The molecule has 3 heterocycles. The van der Waals surface area contributed by atoms with Crippen molar-refractivity contribution in [1.82, 2.24) is 15.6 Å². The van der Waals surface area contributed by atoms with Crippen LogP contribution in [0.4, 0.5) is 0 Å². The minimum atomic E-state index is -0.823. The fourth-order valence-electron chi connectivity index (χ4n) is 7.39. The monoisotopic (exact) mass is 761 g/mol. The van der Waals surface area contributed by atoms with Gasteiger partial charge in [0.25, 0.3) is 0 Å². The second-order valence-corrected chi connectivity index (χ2v) is 14.1. The largest absolute Gasteiger partial charge is 0.493 e. The maximum atomic E-state index is 13.5. The van der Waals surface area contributed by atoms with Gasteiger partial charge in [-0.1, -0.05) is 55.7 Å². The van der Waals surface area contributed by atoms with Crippen molar-refractivity contribution in [2.45, 2.75) is 83.5 Å². The van der Waals surface area contributed by atoms with Gasteiger partial charge in [-0.2, -0.15) is 0 Å². The third-order valence-corrected chi connectivity index (χ3v) is 10.6. The smallest absolute Gasteiger partial charge is 0.328 e. The highest BCUT2D eigenvalue weighted by molar-refractivity contribution is 5.88. The lowest BCUT2D eigenvalue weighted by molar-refractivity contribution is -0.145. The number of aryl methyl sites for hydroxylation is 1. The van der Waals surface area contributed by atoms with E-state index in [9.17, 15) is 9.59 Å². The molecule has 11 heteroatoms. The van der Waals surface area contributed by atoms with Gasteiger partial charge in [-0.25, -0.2) is 4.79 Å². The molecule has 2 N–H and O–H groups in total. The van der Waals surface area contributed by atoms with Gasteiger partial charge in [-0.05, 0) is 108 Å². The lowest BCUT2D eigenvalue weighted by atomic mass is 9.90. The van der Waals surface area contributed by atoms with E-state index in [1.165, 1.54) is 39.2 Å². The number of fused-ring (bicyclic) bond motifs is 2. The topological polar surface area (TPSA) is 108 Å². The van der Waals surface area contributed by atoms with E-state index in [1.807, 2.05) is 67.7 Å². The molecule has 0 bridgehead atoms. The Morgan fingerprint density at radius 3 is 2.42 bits per heavy atom. The summed E-state index contributed by atoms with van der Waals surface area (Å²) in [6.45, 7) is 5.72. The van der Waals surface area contributed by atoms with Gasteiger partial charge < -0.3 is 29.6 Å². The Morgan fingerprint density at radius 2 is 1.68 bits per heavy atom. The number of amides is 1. The molecule has 1 fully saturated rings. The zero-order valence-corrected chi connectivity index (χ0v) is 32.2. The van der Waals surface area contributed by atoms with Crippen LogP contribution in [0.2, 0.25) is 0 Å². The van der Waals surface area contributed by atoms with Crippen molar-refractivity contribution in [1.29, 1.82) is 0 Å². The number of aromatic nitrogens is 1. The zero-order valence-electron chi connectivity index (χ0n) is 30.5. The van der Waals surface area contributed by atoms with Gasteiger partial charge in [-0.15, -0.1) is 24.8 Å². The van der Waals surface area contributed by atoms with Gasteiger partial charge in [0, 0.05) is 24.9 Å². The number of nitrogens with one attached hydrogen (secondary N) is 2. The van der Waals surface area contributed by atoms with Crippen molar-refractivity contribution < 1.29 is 28.5 Å². The number of rotatable bonds is 10. The molecule has 0 radical (unpaired) electrons. The maximum Gasteiger partial charge on any atom is 0.328 e. The molecule has 3 aliphatic rings. The number of nitrogens with zero attached hydrogens (tertiary/aromatic N) is 1. The quantitative estimate of drug-likeness (QED) is 0.159. The average molecular weight is 763 g/mol. The van der Waals surface area contributed by atoms with Crippen LogP contribution in [-0.2, 0) is 33.7 Å². The fourth-order valence-corrected chi connectivity index (χ4v) is 7.39. The number of carbonyl (C=O) groups is 2. The molecule has 7 rings (SSSR count). The number of pyridine rings is 1. The van der Waals surface area contributed by atoms with Gasteiger partial charge in [0.05, 0.1) is 19.8 Å². The summed E-state index contributed by atoms with van der Waals surface area (Å²) in [5.74, 6) is 2.18. The summed E-state index contributed by atoms with van der Waals surface area (Å²) in [5.41, 5.74) is 8.33. The summed E-state index contributed by atoms with van der Waals surface area (Å²) < 4.78 is 23.8. The van der Waals surface area contributed by atoms with Crippen LogP contribution in [0.15, 0.2) is 72.9 Å². The van der Waals surface area contributed by atoms with Crippen LogP contribution in [-0.4, -0.2) is 49.3 Å². The summed E-state index contributed by atoms with van der Waals surface area (Å²) in [6, 6.07) is 20.8. The highest BCUT2D eigenvalue weighted by Crippen LogP contribution is 2.40. The molecule has 0 unspecified atom stereocenters. The lowest BCUT2D eigenvalue weighted by Crippen LogP contribution is -2.53. The number of methoxy groups -OCH3 is 1. The van der Waals surface area contributed by atoms with E-state index < -0.39 is 18.1 Å². The predicted octanol–water partition coefficient (Wildman–Crippen LogP) is 7.60. The van der Waals surface area contributed by atoms with Crippen LogP contribution in [0.1, 0.15) is 71.7 Å². The van der Waals surface area contributed by atoms with E-state index in [4.69, 9.17) is 18.9 Å². The molecular weight excluding hydrogens is 713 g/mol. The molecule has 0 spiro atoms. The minimum Gasteiger partial charge on any atom is -0.493 e. The summed E-state index contributed by atoms with van der Waals surface area (Å²) in [7, 11) is 1.34. The van der Waals surface area contributed by atoms with E-state index in [2.05, 4.69) is 34.7 Å². The Balaban J connectivity index is 0.00000271. The Kier molecular flexibility index (Phi) is 13.7. The first-order chi connectivity index (χ1) is 24.8. The van der Waals surface area contributed by atoms with Crippen molar-refractivity contribution >= 4 is 36.7 Å². The van der Waals surface area contributed by atoms with Crippen LogP contribution < -0.4 is 24.8 Å². The molecule has 2 aliphatic heterocycles. The first-order valence-electron chi connectivity index (χ1n) is 18.2. The standard InChI is InChI=1S/C42H47N3O6.2ClH/c1-26-27(2)43-18-17-35(26)30-11-9-28(10-12-30)19-37(42(47)48-3)45-41(46)36-20-32-21-38-39(22-33(32)23-44-36)51-40(25-50-38)31-13-15-34(16-14-31)49-24-29-7-5-4-6-8-29;;/h9-18,21-22,29,36-37,40,44H,4-8,19-20,23-25H2,1-3H3,(H,45,46);2*1H/t36-,37-,40+;;/m0../s1. The second-order valence-electron chi connectivity index (χ2n) is 14.1. The van der Waals surface area contributed by atoms with Gasteiger partial charge >= 0.3 is 5.97 Å². The van der Waals surface area contributed by atoms with Gasteiger partial charge in [0.2, 0.25) is 5.91 Å². The molecule has 1 aliphatic carbocycles. The van der Waals surface area contributed by atoms with Gasteiger partial charge in [0.1, 0.15) is 18.4 Å². The lowest BCUT2D eigenvalue weighted by Gasteiger charge is -2.31. The van der Waals surface area contributed by atoms with E-state index in [-0.39, 0.29) is 36.8 Å². The van der Waals surface area contributed by atoms with Crippen LogP contribution in [0, 0.1) is 19.8 Å². The first kappa shape index (κ1) is 39.9. The third-order valence-electron chi connectivity index (χ3n) is 10.6. The molecule has 3 atom stereocenters. The molecule has 53 heavy (non-hydrogen) atoms. The zero-order chi connectivity index (χ0) is 35.3. The highest BCUT2D eigenvalue weighted by Gasteiger charge is 2.31. The summed E-state index contributed by atoms with van der Waals surface area (Å²) in [6.07, 6.45) is 8.84. The number of esters is 1. The van der Waals surface area contributed by atoms with E-state index in [1.54, 1.807) is 0 Å². The van der Waals surface area contributed by atoms with Gasteiger partial charge in [0.15, 0.2) is 17.6 Å². The molecule has 9 nitrogen and oxygen atoms in total. The Labute approximate surface area is 324 Å². The molecule has 282 valence electrons. The number of hydrogen-bond donors (Lipinski definition) is 2. The Hall–Kier alpha value is -4.31.